The first-order valence-corrected chi connectivity index (χ1v) is 8.37. The molecule has 0 radical (unpaired) electrons. The summed E-state index contributed by atoms with van der Waals surface area (Å²) in [6, 6.07) is 9.00. The van der Waals surface area contributed by atoms with Crippen molar-refractivity contribution in [3.8, 4) is 0 Å². The molecule has 1 amide bonds. The number of nitrogens with zero attached hydrogens (tertiary/aromatic N) is 1. The minimum atomic E-state index is 0.173. The molecule has 1 aliphatic carbocycles. The van der Waals surface area contributed by atoms with Gasteiger partial charge in [0.05, 0.1) is 0 Å². The van der Waals surface area contributed by atoms with Crippen LogP contribution in [0.15, 0.2) is 24.3 Å². The average molecular weight is 286 g/mol. The van der Waals surface area contributed by atoms with Gasteiger partial charge in [-0.05, 0) is 49.8 Å². The van der Waals surface area contributed by atoms with Crippen molar-refractivity contribution in [3.63, 3.8) is 0 Å². The van der Waals surface area contributed by atoms with Gasteiger partial charge in [-0.15, -0.1) is 0 Å². The quantitative estimate of drug-likeness (QED) is 0.922. The summed E-state index contributed by atoms with van der Waals surface area (Å²) >= 11 is 0. The lowest BCUT2D eigenvalue weighted by Crippen LogP contribution is -2.49. The highest BCUT2D eigenvalue weighted by atomic mass is 16.2. The van der Waals surface area contributed by atoms with E-state index in [0.29, 0.717) is 11.9 Å². The van der Waals surface area contributed by atoms with Crippen molar-refractivity contribution in [2.45, 2.75) is 45.1 Å². The second-order valence-corrected chi connectivity index (χ2v) is 6.45. The van der Waals surface area contributed by atoms with Crippen molar-refractivity contribution in [3.05, 3.63) is 35.4 Å². The number of likely N-dealkylation sites (tertiary alicyclic amines) is 1. The van der Waals surface area contributed by atoms with Crippen LogP contribution < -0.4 is 5.32 Å². The van der Waals surface area contributed by atoms with Gasteiger partial charge in [0.15, 0.2) is 0 Å². The number of nitrogens with one attached hydrogen (secondary N) is 1. The molecule has 2 aliphatic rings. The molecule has 1 N–H and O–H groups in total. The zero-order valence-electron chi connectivity index (χ0n) is 13.0. The average Bonchev–Trinajstić information content (AvgIpc) is 2.96. The molecule has 114 valence electrons. The first kappa shape index (κ1) is 14.6. The van der Waals surface area contributed by atoms with Crippen molar-refractivity contribution >= 4 is 5.91 Å². The Bertz CT molecular complexity index is 475. The van der Waals surface area contributed by atoms with Gasteiger partial charge in [-0.25, -0.2) is 0 Å². The van der Waals surface area contributed by atoms with Gasteiger partial charge >= 0.3 is 0 Å². The smallest absolute Gasteiger partial charge is 0.226 e. The fourth-order valence-corrected chi connectivity index (χ4v) is 3.68. The van der Waals surface area contributed by atoms with Crippen LogP contribution in [0, 0.1) is 5.92 Å². The van der Waals surface area contributed by atoms with Crippen LogP contribution >= 0.6 is 0 Å². The Morgan fingerprint density at radius 2 is 2.00 bits per heavy atom. The molecule has 0 bridgehead atoms. The van der Waals surface area contributed by atoms with E-state index in [9.17, 15) is 4.79 Å². The van der Waals surface area contributed by atoms with Crippen LogP contribution in [0.2, 0.25) is 0 Å². The Kier molecular flexibility index (Phi) is 4.59. The maximum Gasteiger partial charge on any atom is 0.226 e. The van der Waals surface area contributed by atoms with Gasteiger partial charge < -0.3 is 10.2 Å². The Morgan fingerprint density at radius 1 is 1.29 bits per heavy atom. The molecule has 3 nitrogen and oxygen atoms in total. The second kappa shape index (κ2) is 6.61. The van der Waals surface area contributed by atoms with Crippen molar-refractivity contribution in [2.75, 3.05) is 19.6 Å². The molecule has 0 aromatic heterocycles. The lowest BCUT2D eigenvalue weighted by atomic mass is 10.0. The first-order chi connectivity index (χ1) is 10.3. The van der Waals surface area contributed by atoms with Crippen molar-refractivity contribution in [2.24, 2.45) is 5.92 Å². The molecule has 3 rings (SSSR count). The molecule has 1 aromatic rings. The summed E-state index contributed by atoms with van der Waals surface area (Å²) in [6.45, 7) is 5.08. The van der Waals surface area contributed by atoms with Crippen molar-refractivity contribution < 1.29 is 4.79 Å². The number of hydrogen-bond donors (Lipinski definition) is 1. The zero-order valence-corrected chi connectivity index (χ0v) is 13.0. The van der Waals surface area contributed by atoms with Crippen LogP contribution in [0.1, 0.15) is 37.3 Å². The largest absolute Gasteiger partial charge is 0.341 e. The van der Waals surface area contributed by atoms with Crippen LogP contribution in [0.5, 0.6) is 0 Å². The maximum atomic E-state index is 12.8. The normalized spacial score (nSPS) is 22.3. The minimum Gasteiger partial charge on any atom is -0.341 e. The molecule has 21 heavy (non-hydrogen) atoms. The summed E-state index contributed by atoms with van der Waals surface area (Å²) in [4.78, 5) is 14.9. The monoisotopic (exact) mass is 286 g/mol. The number of piperidine rings is 1. The van der Waals surface area contributed by atoms with Crippen LogP contribution in [0.4, 0.5) is 0 Å². The maximum absolute atomic E-state index is 12.8. The van der Waals surface area contributed by atoms with Crippen LogP contribution in [-0.2, 0) is 17.6 Å². The van der Waals surface area contributed by atoms with E-state index in [-0.39, 0.29) is 5.92 Å². The van der Waals surface area contributed by atoms with E-state index in [0.717, 1.165) is 45.3 Å². The highest BCUT2D eigenvalue weighted by molar-refractivity contribution is 5.80. The number of benzene rings is 1. The lowest BCUT2D eigenvalue weighted by molar-refractivity contribution is -0.136. The van der Waals surface area contributed by atoms with Gasteiger partial charge in [-0.1, -0.05) is 31.2 Å². The zero-order chi connectivity index (χ0) is 14.7. The summed E-state index contributed by atoms with van der Waals surface area (Å²) in [6.07, 6.45) is 5.35. The summed E-state index contributed by atoms with van der Waals surface area (Å²) in [5.74, 6) is 0.543. The Morgan fingerprint density at radius 3 is 2.67 bits per heavy atom. The minimum absolute atomic E-state index is 0.173. The molecule has 1 heterocycles. The summed E-state index contributed by atoms with van der Waals surface area (Å²) in [5, 5.41) is 3.57. The number of hydrogen-bond acceptors (Lipinski definition) is 2. The van der Waals surface area contributed by atoms with Gasteiger partial charge in [0, 0.05) is 25.0 Å². The molecule has 1 unspecified atom stereocenters. The van der Waals surface area contributed by atoms with E-state index in [2.05, 4.69) is 41.4 Å². The topological polar surface area (TPSA) is 32.3 Å². The molecular formula is C18H26N2O. The molecule has 0 spiro atoms. The van der Waals surface area contributed by atoms with Gasteiger partial charge in [-0.3, -0.25) is 4.79 Å². The first-order valence-electron chi connectivity index (χ1n) is 8.37. The predicted octanol–water partition coefficient (Wildman–Crippen LogP) is 2.39. The van der Waals surface area contributed by atoms with E-state index >= 15 is 0 Å². The molecule has 1 aromatic carbocycles. The standard InChI is InChI=1S/C18H26N2O/c1-2-9-19-17-8-5-10-20(13-17)18(21)16-11-14-6-3-4-7-15(14)12-16/h3-4,6-7,16-17,19H,2,5,8-13H2,1H3. The summed E-state index contributed by atoms with van der Waals surface area (Å²) in [5.41, 5.74) is 2.74. The predicted molar refractivity (Wildman–Crippen MR) is 85.2 cm³/mol. The molecule has 1 aliphatic heterocycles. The van der Waals surface area contributed by atoms with Gasteiger partial charge in [-0.2, -0.15) is 0 Å². The summed E-state index contributed by atoms with van der Waals surface area (Å²) < 4.78 is 0. The van der Waals surface area contributed by atoms with Gasteiger partial charge in [0.25, 0.3) is 0 Å². The molecular weight excluding hydrogens is 260 g/mol. The van der Waals surface area contributed by atoms with Gasteiger partial charge in [0.2, 0.25) is 5.91 Å². The van der Waals surface area contributed by atoms with E-state index in [1.54, 1.807) is 0 Å². The fourth-order valence-electron chi connectivity index (χ4n) is 3.68. The van der Waals surface area contributed by atoms with Crippen LogP contribution in [-0.4, -0.2) is 36.5 Å². The molecule has 3 heteroatoms. The summed E-state index contributed by atoms with van der Waals surface area (Å²) in [7, 11) is 0. The SMILES string of the molecule is CCCNC1CCCN(C(=O)C2Cc3ccccc3C2)C1. The number of carbonyl (C=O) groups is 1. The van der Waals surface area contributed by atoms with Crippen LogP contribution in [0.25, 0.3) is 0 Å². The highest BCUT2D eigenvalue weighted by Crippen LogP contribution is 2.28. The third kappa shape index (κ3) is 3.29. The molecule has 1 fully saturated rings. The highest BCUT2D eigenvalue weighted by Gasteiger charge is 2.32. The van der Waals surface area contributed by atoms with E-state index in [4.69, 9.17) is 0 Å². The fraction of sp³-hybridized carbons (Fsp3) is 0.611. The number of carbonyl (C=O) groups excluding carboxylic acids is 1. The third-order valence-electron chi connectivity index (χ3n) is 4.82. The van der Waals surface area contributed by atoms with E-state index < -0.39 is 0 Å². The lowest BCUT2D eigenvalue weighted by Gasteiger charge is -2.34. The number of fused-ring (bicyclic) bond motifs is 1. The molecule has 1 saturated heterocycles. The van der Waals surface area contributed by atoms with Crippen molar-refractivity contribution in [1.29, 1.82) is 0 Å². The second-order valence-electron chi connectivity index (χ2n) is 6.45. The Hall–Kier alpha value is -1.35. The Labute approximate surface area is 127 Å². The third-order valence-corrected chi connectivity index (χ3v) is 4.82. The molecule has 1 atom stereocenters. The Balaban J connectivity index is 1.58. The number of amides is 1. The van der Waals surface area contributed by atoms with Crippen LogP contribution in [0.3, 0.4) is 0 Å². The van der Waals surface area contributed by atoms with E-state index in [1.807, 2.05) is 0 Å². The van der Waals surface area contributed by atoms with E-state index in [1.165, 1.54) is 17.5 Å². The van der Waals surface area contributed by atoms with Crippen molar-refractivity contribution in [1.82, 2.24) is 10.2 Å². The van der Waals surface area contributed by atoms with Gasteiger partial charge in [0.1, 0.15) is 0 Å². The molecule has 0 saturated carbocycles. The number of rotatable bonds is 4.